The molecule has 4 rings (SSSR count). The van der Waals surface area contributed by atoms with Crippen molar-refractivity contribution in [1.82, 2.24) is 9.80 Å². The van der Waals surface area contributed by atoms with Gasteiger partial charge in [0.15, 0.2) is 0 Å². The first kappa shape index (κ1) is 16.9. The van der Waals surface area contributed by atoms with E-state index in [1.165, 1.54) is 5.56 Å². The Morgan fingerprint density at radius 3 is 2.79 bits per heavy atom. The Morgan fingerprint density at radius 1 is 1.12 bits per heavy atom. The van der Waals surface area contributed by atoms with Crippen LogP contribution in [-0.4, -0.2) is 80.7 Å². The molecule has 134 valence electrons. The molecule has 1 aromatic rings. The van der Waals surface area contributed by atoms with Crippen LogP contribution in [0.15, 0.2) is 16.8 Å². The fraction of sp³-hybridized carbons (Fsp3) is 0.778. The summed E-state index contributed by atoms with van der Waals surface area (Å²) in [6, 6.07) is 2.22. The van der Waals surface area contributed by atoms with Crippen LogP contribution in [-0.2, 0) is 20.8 Å². The van der Waals surface area contributed by atoms with Gasteiger partial charge in [-0.05, 0) is 35.2 Å². The maximum atomic E-state index is 6.58. The van der Waals surface area contributed by atoms with E-state index in [1.54, 1.807) is 11.3 Å². The quantitative estimate of drug-likeness (QED) is 0.826. The third kappa shape index (κ3) is 4.18. The third-order valence-corrected chi connectivity index (χ3v) is 6.05. The molecular weight excluding hydrogens is 324 g/mol. The van der Waals surface area contributed by atoms with Crippen molar-refractivity contribution >= 4 is 11.3 Å². The van der Waals surface area contributed by atoms with E-state index >= 15 is 0 Å². The number of morpholine rings is 1. The molecule has 3 fully saturated rings. The molecule has 24 heavy (non-hydrogen) atoms. The monoisotopic (exact) mass is 352 g/mol. The van der Waals surface area contributed by atoms with Gasteiger partial charge in [0.2, 0.25) is 0 Å². The topological polar surface area (TPSA) is 34.2 Å². The van der Waals surface area contributed by atoms with Crippen molar-refractivity contribution in [3.8, 4) is 0 Å². The molecule has 2 atom stereocenters. The van der Waals surface area contributed by atoms with E-state index in [9.17, 15) is 0 Å². The van der Waals surface area contributed by atoms with Crippen molar-refractivity contribution in [1.29, 1.82) is 0 Å². The van der Waals surface area contributed by atoms with E-state index in [1.807, 2.05) is 0 Å². The van der Waals surface area contributed by atoms with E-state index in [2.05, 4.69) is 26.6 Å². The van der Waals surface area contributed by atoms with Crippen LogP contribution in [0.1, 0.15) is 18.4 Å². The van der Waals surface area contributed by atoms with E-state index < -0.39 is 0 Å². The Bertz CT molecular complexity index is 506. The van der Waals surface area contributed by atoms with Gasteiger partial charge in [0.05, 0.1) is 32.5 Å². The fourth-order valence-corrected chi connectivity index (χ4v) is 4.74. The molecular formula is C18H28N2O3S. The van der Waals surface area contributed by atoms with Crippen LogP contribution in [0.3, 0.4) is 0 Å². The molecule has 1 spiro atoms. The van der Waals surface area contributed by atoms with Gasteiger partial charge in [-0.15, -0.1) is 0 Å². The van der Waals surface area contributed by atoms with Crippen LogP contribution in [0.4, 0.5) is 0 Å². The molecule has 0 aliphatic carbocycles. The molecule has 6 heteroatoms. The van der Waals surface area contributed by atoms with Gasteiger partial charge in [-0.1, -0.05) is 0 Å². The van der Waals surface area contributed by atoms with Crippen LogP contribution in [0.25, 0.3) is 0 Å². The largest absolute Gasteiger partial charge is 0.379 e. The molecule has 0 aromatic carbocycles. The predicted octanol–water partition coefficient (Wildman–Crippen LogP) is 1.83. The molecule has 4 heterocycles. The molecule has 0 saturated carbocycles. The number of rotatable bonds is 4. The summed E-state index contributed by atoms with van der Waals surface area (Å²) in [4.78, 5) is 4.99. The summed E-state index contributed by atoms with van der Waals surface area (Å²) in [5.41, 5.74) is 1.30. The molecule has 0 bridgehead atoms. The summed E-state index contributed by atoms with van der Waals surface area (Å²) in [6.45, 7) is 9.36. The summed E-state index contributed by atoms with van der Waals surface area (Å²) in [7, 11) is 0. The maximum Gasteiger partial charge on any atom is 0.105 e. The first-order valence-electron chi connectivity index (χ1n) is 9.10. The van der Waals surface area contributed by atoms with Crippen molar-refractivity contribution < 1.29 is 14.2 Å². The molecule has 0 unspecified atom stereocenters. The highest BCUT2D eigenvalue weighted by Gasteiger charge is 2.43. The highest BCUT2D eigenvalue weighted by molar-refractivity contribution is 7.07. The van der Waals surface area contributed by atoms with Gasteiger partial charge >= 0.3 is 0 Å². The first-order valence-corrected chi connectivity index (χ1v) is 10.0. The lowest BCUT2D eigenvalue weighted by atomic mass is 10.00. The lowest BCUT2D eigenvalue weighted by Gasteiger charge is -2.33. The van der Waals surface area contributed by atoms with Crippen LogP contribution in [0.2, 0.25) is 0 Å². The Balaban J connectivity index is 1.34. The molecule has 5 nitrogen and oxygen atoms in total. The summed E-state index contributed by atoms with van der Waals surface area (Å²) >= 11 is 1.77. The van der Waals surface area contributed by atoms with Crippen molar-refractivity contribution in [2.24, 2.45) is 0 Å². The van der Waals surface area contributed by atoms with Crippen LogP contribution in [0.5, 0.6) is 0 Å². The Morgan fingerprint density at radius 2 is 1.96 bits per heavy atom. The Hall–Kier alpha value is -0.500. The average molecular weight is 353 g/mol. The summed E-state index contributed by atoms with van der Waals surface area (Å²) in [6.07, 6.45) is 2.60. The molecule has 3 aliphatic rings. The highest BCUT2D eigenvalue weighted by Crippen LogP contribution is 2.34. The average Bonchev–Trinajstić information content (AvgIpc) is 3.18. The predicted molar refractivity (Wildman–Crippen MR) is 94.5 cm³/mol. The third-order valence-electron chi connectivity index (χ3n) is 5.32. The number of hydrogen-bond donors (Lipinski definition) is 0. The van der Waals surface area contributed by atoms with E-state index in [0.29, 0.717) is 6.10 Å². The second-order valence-corrected chi connectivity index (χ2v) is 8.05. The van der Waals surface area contributed by atoms with Crippen LogP contribution in [0, 0.1) is 0 Å². The van der Waals surface area contributed by atoms with Gasteiger partial charge in [-0.3, -0.25) is 9.80 Å². The fourth-order valence-electron chi connectivity index (χ4n) is 4.08. The van der Waals surface area contributed by atoms with Gasteiger partial charge in [0.1, 0.15) is 5.60 Å². The number of hydrogen-bond acceptors (Lipinski definition) is 6. The van der Waals surface area contributed by atoms with Crippen molar-refractivity contribution in [2.45, 2.75) is 31.1 Å². The minimum Gasteiger partial charge on any atom is -0.379 e. The minimum absolute atomic E-state index is 0.108. The van der Waals surface area contributed by atoms with Crippen molar-refractivity contribution in [2.75, 3.05) is 59.2 Å². The molecule has 3 saturated heterocycles. The summed E-state index contributed by atoms with van der Waals surface area (Å²) < 4.78 is 17.9. The van der Waals surface area contributed by atoms with Gasteiger partial charge in [-0.2, -0.15) is 11.3 Å². The maximum absolute atomic E-state index is 6.58. The molecule has 3 aliphatic heterocycles. The number of nitrogens with zero attached hydrogens (tertiary/aromatic N) is 2. The molecule has 0 radical (unpaired) electrons. The second-order valence-electron chi connectivity index (χ2n) is 7.27. The standard InChI is InChI=1S/C18H28N2O3S/c1-3-18(23-17(1)12-19-4-7-21-8-5-19)14-20(6-9-22-15-18)11-16-2-10-24-13-16/h2,10,13,17H,1,3-9,11-12,14-15H2/t17-,18+/m1/s1. The lowest BCUT2D eigenvalue weighted by Crippen LogP contribution is -2.46. The minimum atomic E-state index is -0.108. The highest BCUT2D eigenvalue weighted by atomic mass is 32.1. The van der Waals surface area contributed by atoms with Gasteiger partial charge < -0.3 is 14.2 Å². The van der Waals surface area contributed by atoms with Gasteiger partial charge in [0, 0.05) is 39.3 Å². The van der Waals surface area contributed by atoms with Crippen LogP contribution < -0.4 is 0 Å². The van der Waals surface area contributed by atoms with Crippen molar-refractivity contribution in [3.63, 3.8) is 0 Å². The Labute approximate surface area is 148 Å². The number of ether oxygens (including phenoxy) is 3. The zero-order chi connectivity index (χ0) is 16.2. The van der Waals surface area contributed by atoms with Crippen molar-refractivity contribution in [3.05, 3.63) is 22.4 Å². The van der Waals surface area contributed by atoms with E-state index in [4.69, 9.17) is 14.2 Å². The second kappa shape index (κ2) is 7.81. The Kier molecular flexibility index (Phi) is 5.51. The normalized spacial score (nSPS) is 33.1. The van der Waals surface area contributed by atoms with Gasteiger partial charge in [0.25, 0.3) is 0 Å². The first-order chi connectivity index (χ1) is 11.8. The zero-order valence-electron chi connectivity index (χ0n) is 14.3. The lowest BCUT2D eigenvalue weighted by molar-refractivity contribution is -0.0967. The zero-order valence-corrected chi connectivity index (χ0v) is 15.1. The molecule has 1 aromatic heterocycles. The molecule has 0 N–H and O–H groups in total. The van der Waals surface area contributed by atoms with Gasteiger partial charge in [-0.25, -0.2) is 0 Å². The number of thiophene rings is 1. The van der Waals surface area contributed by atoms with Crippen LogP contribution >= 0.6 is 11.3 Å². The summed E-state index contributed by atoms with van der Waals surface area (Å²) in [5, 5.41) is 4.40. The smallest absolute Gasteiger partial charge is 0.105 e. The van der Waals surface area contributed by atoms with E-state index in [-0.39, 0.29) is 5.60 Å². The molecule has 0 amide bonds. The summed E-state index contributed by atoms with van der Waals surface area (Å²) in [5.74, 6) is 0. The van der Waals surface area contributed by atoms with E-state index in [0.717, 1.165) is 78.5 Å². The SMILES string of the molecule is c1cc(CN2CCOC[C@]3(CC[C@H](CN4CCOCC4)O3)C2)cs1.